The number of amides is 1. The number of hydrogen-bond acceptors (Lipinski definition) is 7. The third-order valence-corrected chi connectivity index (χ3v) is 10.0. The maximum Gasteiger partial charge on any atom is 0.335 e. The molecule has 1 aliphatic heterocycles. The van der Waals surface area contributed by atoms with Gasteiger partial charge in [-0.3, -0.25) is 9.69 Å². The normalized spacial score (nSPS) is 22.0. The number of carbonyl (C=O) groups is 2. The summed E-state index contributed by atoms with van der Waals surface area (Å²) in [5, 5.41) is 15.5. The van der Waals surface area contributed by atoms with Gasteiger partial charge < -0.3 is 14.4 Å². The summed E-state index contributed by atoms with van der Waals surface area (Å²) >= 11 is 14.4. The van der Waals surface area contributed by atoms with Gasteiger partial charge in [-0.05, 0) is 61.4 Å². The number of aromatic nitrogens is 2. The Morgan fingerprint density at radius 2 is 1.98 bits per heavy atom. The molecule has 2 bridgehead atoms. The summed E-state index contributed by atoms with van der Waals surface area (Å²) in [4.78, 5) is 32.0. The highest BCUT2D eigenvalue weighted by Crippen LogP contribution is 2.48. The van der Waals surface area contributed by atoms with Gasteiger partial charge in [-0.25, -0.2) is 9.78 Å². The summed E-state index contributed by atoms with van der Waals surface area (Å²) in [5.74, 6) is -0.0379. The molecule has 3 aliphatic rings. The van der Waals surface area contributed by atoms with Crippen molar-refractivity contribution in [2.75, 3.05) is 4.90 Å². The molecular formula is C30H27Cl2N3O5S. The van der Waals surface area contributed by atoms with Gasteiger partial charge in [0.15, 0.2) is 5.13 Å². The van der Waals surface area contributed by atoms with Gasteiger partial charge in [0, 0.05) is 23.1 Å². The molecule has 4 aromatic rings. The van der Waals surface area contributed by atoms with Crippen LogP contribution in [0, 0.1) is 5.92 Å². The first kappa shape index (κ1) is 26.9. The molecule has 2 aromatic heterocycles. The molecule has 0 radical (unpaired) electrons. The second kappa shape index (κ2) is 10.1. The van der Waals surface area contributed by atoms with Gasteiger partial charge in [-0.2, -0.15) is 0 Å². The molecule has 1 saturated heterocycles. The number of fused-ring (bicyclic) bond motifs is 3. The van der Waals surface area contributed by atoms with Crippen LogP contribution in [-0.4, -0.2) is 39.3 Å². The molecule has 1 N–H and O–H groups in total. The van der Waals surface area contributed by atoms with Crippen molar-refractivity contribution in [3.63, 3.8) is 0 Å². The van der Waals surface area contributed by atoms with Crippen molar-refractivity contribution < 1.29 is 24.0 Å². The molecular weight excluding hydrogens is 585 g/mol. The van der Waals surface area contributed by atoms with Gasteiger partial charge in [0.25, 0.3) is 0 Å². The number of ether oxygens (including phenoxy) is 1. The van der Waals surface area contributed by atoms with E-state index in [-0.39, 0.29) is 42.1 Å². The number of rotatable bonds is 8. The summed E-state index contributed by atoms with van der Waals surface area (Å²) in [6.45, 7) is 4.28. The van der Waals surface area contributed by atoms with Crippen LogP contribution in [0.3, 0.4) is 0 Å². The van der Waals surface area contributed by atoms with Crippen LogP contribution in [-0.2, 0) is 16.1 Å². The van der Waals surface area contributed by atoms with E-state index in [4.69, 9.17) is 37.4 Å². The fourth-order valence-electron chi connectivity index (χ4n) is 6.19. The number of thiazole rings is 1. The van der Waals surface area contributed by atoms with Crippen LogP contribution in [0.1, 0.15) is 78.6 Å². The molecule has 0 unspecified atom stereocenters. The molecule has 8 nitrogen and oxygen atoms in total. The number of halogens is 2. The monoisotopic (exact) mass is 611 g/mol. The molecule has 3 atom stereocenters. The lowest BCUT2D eigenvalue weighted by Gasteiger charge is -2.29. The van der Waals surface area contributed by atoms with Crippen molar-refractivity contribution >= 4 is 61.8 Å². The Morgan fingerprint density at radius 3 is 2.63 bits per heavy atom. The molecule has 1 amide bonds. The van der Waals surface area contributed by atoms with Crippen LogP contribution in [0.5, 0.6) is 0 Å². The maximum atomic E-state index is 13.6. The topological polar surface area (TPSA) is 106 Å². The van der Waals surface area contributed by atoms with E-state index in [2.05, 4.69) is 5.16 Å². The summed E-state index contributed by atoms with van der Waals surface area (Å²) in [5.41, 5.74) is 3.93. The highest BCUT2D eigenvalue weighted by atomic mass is 35.5. The van der Waals surface area contributed by atoms with Crippen molar-refractivity contribution in [1.29, 1.82) is 0 Å². The number of aromatic carboxylic acids is 1. The molecule has 3 heterocycles. The Morgan fingerprint density at radius 1 is 1.22 bits per heavy atom. The van der Waals surface area contributed by atoms with Crippen LogP contribution in [0.25, 0.3) is 21.5 Å². The minimum absolute atomic E-state index is 0.00281. The number of carboxylic acids is 1. The van der Waals surface area contributed by atoms with E-state index in [1.165, 1.54) is 11.3 Å². The quantitative estimate of drug-likeness (QED) is 0.218. The average Bonchev–Trinajstić information content (AvgIpc) is 3.23. The maximum absolute atomic E-state index is 13.6. The van der Waals surface area contributed by atoms with Gasteiger partial charge in [-0.15, -0.1) is 0 Å². The van der Waals surface area contributed by atoms with Gasteiger partial charge >= 0.3 is 5.97 Å². The zero-order valence-corrected chi connectivity index (χ0v) is 24.7. The first-order chi connectivity index (χ1) is 19.7. The number of nitrogens with zero attached hydrogens (tertiary/aromatic N) is 3. The number of carboxylic acid groups (broad SMARTS) is 1. The fourth-order valence-corrected chi connectivity index (χ4v) is 7.88. The molecule has 7 rings (SSSR count). The smallest absolute Gasteiger partial charge is 0.335 e. The van der Waals surface area contributed by atoms with E-state index in [9.17, 15) is 14.7 Å². The molecule has 2 saturated carbocycles. The standard InChI is InChI=1S/C30H27Cl2N3O5S/c1-13(2)17-8-15(29(37)38)9-23-25(17)33-30(41-23)35-16-10-18(28(35)36)22(11-16)39-12-19-26(34-40-27(19)14-6-7-14)24-20(31)4-3-5-21(24)32/h3-5,8-9,13-14,16,18,22H,6-7,10-12H2,1-2H3,(H,37,38)/t16-,18+,22+/m0/s1. The van der Waals surface area contributed by atoms with E-state index < -0.39 is 5.97 Å². The zero-order chi connectivity index (χ0) is 28.6. The van der Waals surface area contributed by atoms with Crippen LogP contribution in [0.15, 0.2) is 34.9 Å². The van der Waals surface area contributed by atoms with Crippen molar-refractivity contribution in [1.82, 2.24) is 10.1 Å². The predicted octanol–water partition coefficient (Wildman–Crippen LogP) is 7.67. The average molecular weight is 613 g/mol. The Bertz CT molecular complexity index is 1690. The largest absolute Gasteiger partial charge is 0.478 e. The number of carbonyl (C=O) groups excluding carboxylic acids is 1. The molecule has 2 aromatic carbocycles. The van der Waals surface area contributed by atoms with Gasteiger partial charge in [-0.1, -0.05) is 59.6 Å². The lowest BCUT2D eigenvalue weighted by Crippen LogP contribution is -2.43. The first-order valence-corrected chi connectivity index (χ1v) is 15.3. The first-order valence-electron chi connectivity index (χ1n) is 13.8. The van der Waals surface area contributed by atoms with E-state index in [0.717, 1.165) is 39.9 Å². The third kappa shape index (κ3) is 4.54. The fraction of sp³-hybridized carbons (Fsp3) is 0.400. The Balaban J connectivity index is 1.13. The minimum Gasteiger partial charge on any atom is -0.478 e. The highest BCUT2D eigenvalue weighted by molar-refractivity contribution is 7.22. The zero-order valence-electron chi connectivity index (χ0n) is 22.4. The molecule has 0 spiro atoms. The molecule has 212 valence electrons. The van der Waals surface area contributed by atoms with Crippen LogP contribution in [0.4, 0.5) is 5.13 Å². The molecule has 3 fully saturated rings. The van der Waals surface area contributed by atoms with Gasteiger partial charge in [0.05, 0.1) is 44.5 Å². The van der Waals surface area contributed by atoms with Crippen LogP contribution >= 0.6 is 34.5 Å². The second-order valence-corrected chi connectivity index (χ2v) is 13.2. The summed E-state index contributed by atoms with van der Waals surface area (Å²) in [6, 6.07) is 8.65. The van der Waals surface area contributed by atoms with E-state index in [1.807, 2.05) is 13.8 Å². The van der Waals surface area contributed by atoms with Crippen LogP contribution < -0.4 is 4.90 Å². The molecule has 2 aliphatic carbocycles. The lowest BCUT2D eigenvalue weighted by molar-refractivity contribution is -0.126. The second-order valence-electron chi connectivity index (χ2n) is 11.4. The molecule has 41 heavy (non-hydrogen) atoms. The van der Waals surface area contributed by atoms with E-state index in [0.29, 0.717) is 45.2 Å². The van der Waals surface area contributed by atoms with Crippen molar-refractivity contribution in [3.05, 3.63) is 62.8 Å². The summed E-state index contributed by atoms with van der Waals surface area (Å²) in [6.07, 6.45) is 3.22. The highest BCUT2D eigenvalue weighted by Gasteiger charge is 2.53. The SMILES string of the molecule is CC(C)c1cc(C(=O)O)cc2sc(N3C(=O)[C@@H]4C[C@H]3C[C@H]4OCc3c(-c4c(Cl)cccc4Cl)noc3C3CC3)nc12. The van der Waals surface area contributed by atoms with E-state index in [1.54, 1.807) is 35.2 Å². The number of benzene rings is 2. The summed E-state index contributed by atoms with van der Waals surface area (Å²) < 4.78 is 13.0. The minimum atomic E-state index is -0.974. The van der Waals surface area contributed by atoms with Crippen molar-refractivity contribution in [2.45, 2.75) is 70.1 Å². The number of piperidine rings is 1. The third-order valence-electron chi connectivity index (χ3n) is 8.40. The predicted molar refractivity (Wildman–Crippen MR) is 157 cm³/mol. The lowest BCUT2D eigenvalue weighted by atomic mass is 9.99. The number of hydrogen-bond donors (Lipinski definition) is 1. The van der Waals surface area contributed by atoms with Crippen LogP contribution in [0.2, 0.25) is 10.0 Å². The Hall–Kier alpha value is -2.98. The van der Waals surface area contributed by atoms with Gasteiger partial charge in [0.2, 0.25) is 5.91 Å². The van der Waals surface area contributed by atoms with Crippen molar-refractivity contribution in [2.24, 2.45) is 5.92 Å². The molecule has 11 heteroatoms. The van der Waals surface area contributed by atoms with Crippen molar-refractivity contribution in [3.8, 4) is 11.3 Å². The Labute approximate surface area is 250 Å². The Kier molecular flexibility index (Phi) is 6.61. The number of anilines is 1. The van der Waals surface area contributed by atoms with E-state index >= 15 is 0 Å². The van der Waals surface area contributed by atoms with Gasteiger partial charge in [0.1, 0.15) is 11.5 Å². The summed E-state index contributed by atoms with van der Waals surface area (Å²) in [7, 11) is 0.